The molecule has 1 aliphatic heterocycles. The Bertz CT molecular complexity index is 1100. The van der Waals surface area contributed by atoms with Crippen molar-refractivity contribution >= 4 is 23.3 Å². The van der Waals surface area contributed by atoms with E-state index in [-0.39, 0.29) is 29.9 Å². The van der Waals surface area contributed by atoms with E-state index in [0.717, 1.165) is 35.3 Å². The topological polar surface area (TPSA) is 82.4 Å². The van der Waals surface area contributed by atoms with Crippen molar-refractivity contribution in [1.29, 1.82) is 5.26 Å². The minimum atomic E-state index is -0.366. The molecule has 2 aromatic carbocycles. The van der Waals surface area contributed by atoms with Crippen LogP contribution in [0.2, 0.25) is 0 Å². The summed E-state index contributed by atoms with van der Waals surface area (Å²) in [6.45, 7) is 7.80. The number of nitrogens with one attached hydrogen (secondary N) is 1. The lowest BCUT2D eigenvalue weighted by Gasteiger charge is -2.46. The molecular formula is C26H29N3O3. The number of benzene rings is 2. The highest BCUT2D eigenvalue weighted by Crippen LogP contribution is 2.50. The van der Waals surface area contributed by atoms with Gasteiger partial charge in [-0.1, -0.05) is 6.92 Å². The Kier molecular flexibility index (Phi) is 5.92. The summed E-state index contributed by atoms with van der Waals surface area (Å²) in [7, 11) is 0. The molecular weight excluding hydrogens is 402 g/mol. The van der Waals surface area contributed by atoms with Gasteiger partial charge in [-0.05, 0) is 80.1 Å². The van der Waals surface area contributed by atoms with Crippen LogP contribution in [0.15, 0.2) is 36.4 Å². The Balaban J connectivity index is 1.80. The normalized spacial score (nSPS) is 22.0. The Morgan fingerprint density at radius 3 is 2.56 bits per heavy atom. The van der Waals surface area contributed by atoms with E-state index in [2.05, 4.69) is 18.3 Å². The molecule has 0 unspecified atom stereocenters. The fraction of sp³-hybridized carbons (Fsp3) is 0.423. The lowest BCUT2D eigenvalue weighted by molar-refractivity contribution is -0.117. The van der Waals surface area contributed by atoms with E-state index in [1.54, 1.807) is 19.9 Å². The number of aryl methyl sites for hydroxylation is 1. The quantitative estimate of drug-likeness (QED) is 0.675. The van der Waals surface area contributed by atoms with E-state index in [1.807, 2.05) is 42.2 Å². The van der Waals surface area contributed by atoms with Crippen LogP contribution in [-0.2, 0) is 9.53 Å². The van der Waals surface area contributed by atoms with Crippen LogP contribution in [0.5, 0.6) is 0 Å². The number of fused-ring (bicyclic) bond motifs is 1. The van der Waals surface area contributed by atoms with Gasteiger partial charge < -0.3 is 15.0 Å². The number of amides is 1. The molecule has 0 bridgehead atoms. The zero-order valence-electron chi connectivity index (χ0n) is 19.0. The molecule has 3 atom stereocenters. The summed E-state index contributed by atoms with van der Waals surface area (Å²) in [6.07, 6.45) is 2.25. The zero-order chi connectivity index (χ0) is 23.0. The van der Waals surface area contributed by atoms with Gasteiger partial charge in [0.05, 0.1) is 29.8 Å². The maximum atomic E-state index is 12.7. The summed E-state index contributed by atoms with van der Waals surface area (Å²) < 4.78 is 5.21. The fourth-order valence-electron chi connectivity index (χ4n) is 4.97. The number of anilines is 2. The molecule has 1 heterocycles. The standard InChI is InChI=1S/C26H29N3O3/c1-5-32-26(31)19-9-11-23-22(13-19)24(28-21-10-8-20(14-27)15(2)12-21)16(3)25(18-6-7-18)29(23)17(4)30/h8-13,16,18,24-25,28H,5-7H2,1-4H3/t16-,24-,25-/m1/s1. The van der Waals surface area contributed by atoms with E-state index in [9.17, 15) is 14.9 Å². The zero-order valence-corrected chi connectivity index (χ0v) is 19.0. The van der Waals surface area contributed by atoms with Crippen molar-refractivity contribution in [2.75, 3.05) is 16.8 Å². The molecule has 6 heteroatoms. The molecule has 32 heavy (non-hydrogen) atoms. The monoisotopic (exact) mass is 431 g/mol. The molecule has 0 saturated heterocycles. The lowest BCUT2D eigenvalue weighted by atomic mass is 9.79. The number of rotatable bonds is 5. The predicted octanol–water partition coefficient (Wildman–Crippen LogP) is 4.98. The van der Waals surface area contributed by atoms with Crippen LogP contribution < -0.4 is 10.2 Å². The van der Waals surface area contributed by atoms with Gasteiger partial charge in [0.25, 0.3) is 0 Å². The maximum absolute atomic E-state index is 12.7. The first-order valence-electron chi connectivity index (χ1n) is 11.2. The second kappa shape index (κ2) is 8.66. The number of nitriles is 1. The largest absolute Gasteiger partial charge is 0.462 e. The number of hydrogen-bond donors (Lipinski definition) is 1. The molecule has 4 rings (SSSR count). The number of nitrogens with zero attached hydrogens (tertiary/aromatic N) is 2. The molecule has 2 aromatic rings. The summed E-state index contributed by atoms with van der Waals surface area (Å²) in [5.41, 5.74) is 4.72. The molecule has 6 nitrogen and oxygen atoms in total. The van der Waals surface area contributed by atoms with Crippen molar-refractivity contribution in [1.82, 2.24) is 0 Å². The van der Waals surface area contributed by atoms with Crippen molar-refractivity contribution in [2.45, 2.75) is 52.6 Å². The molecule has 166 valence electrons. The van der Waals surface area contributed by atoms with Gasteiger partial charge in [0, 0.05) is 30.3 Å². The number of ether oxygens (including phenoxy) is 1. The van der Waals surface area contributed by atoms with Crippen molar-refractivity contribution in [3.05, 3.63) is 58.7 Å². The molecule has 0 radical (unpaired) electrons. The van der Waals surface area contributed by atoms with Crippen molar-refractivity contribution in [2.24, 2.45) is 11.8 Å². The highest BCUT2D eigenvalue weighted by atomic mass is 16.5. The SMILES string of the molecule is CCOC(=O)c1ccc2c(c1)[C@H](Nc1ccc(C#N)c(C)c1)[C@@H](C)[C@H](C1CC1)N2C(C)=O. The third-order valence-electron chi connectivity index (χ3n) is 6.61. The number of carbonyl (C=O) groups excluding carboxylic acids is 2. The van der Waals surface area contributed by atoms with E-state index in [0.29, 0.717) is 23.7 Å². The Morgan fingerprint density at radius 2 is 1.97 bits per heavy atom. The van der Waals surface area contributed by atoms with Gasteiger partial charge in [0.1, 0.15) is 0 Å². The Morgan fingerprint density at radius 1 is 1.22 bits per heavy atom. The first-order chi connectivity index (χ1) is 15.3. The molecule has 1 fully saturated rings. The van der Waals surface area contributed by atoms with Crippen LogP contribution in [0, 0.1) is 30.1 Å². The molecule has 2 aliphatic rings. The average Bonchev–Trinajstić information content (AvgIpc) is 3.60. The summed E-state index contributed by atoms with van der Waals surface area (Å²) in [5, 5.41) is 12.9. The fourth-order valence-corrected chi connectivity index (χ4v) is 4.97. The highest BCUT2D eigenvalue weighted by Gasteiger charge is 2.47. The van der Waals surface area contributed by atoms with Crippen LogP contribution in [0.25, 0.3) is 0 Å². The minimum absolute atomic E-state index is 0.0200. The smallest absolute Gasteiger partial charge is 0.338 e. The van der Waals surface area contributed by atoms with Crippen LogP contribution in [0.4, 0.5) is 11.4 Å². The molecule has 1 N–H and O–H groups in total. The number of hydrogen-bond acceptors (Lipinski definition) is 5. The van der Waals surface area contributed by atoms with Gasteiger partial charge in [0.15, 0.2) is 0 Å². The van der Waals surface area contributed by atoms with Gasteiger partial charge >= 0.3 is 5.97 Å². The molecule has 1 saturated carbocycles. The van der Waals surface area contributed by atoms with Gasteiger partial charge in [-0.3, -0.25) is 4.79 Å². The first-order valence-corrected chi connectivity index (χ1v) is 11.2. The molecule has 0 spiro atoms. The summed E-state index contributed by atoms with van der Waals surface area (Å²) in [5.74, 6) is 0.271. The van der Waals surface area contributed by atoms with Crippen LogP contribution >= 0.6 is 0 Å². The second-order valence-corrected chi connectivity index (χ2v) is 8.83. The second-order valence-electron chi connectivity index (χ2n) is 8.83. The van der Waals surface area contributed by atoms with Crippen LogP contribution in [0.3, 0.4) is 0 Å². The first kappa shape index (κ1) is 21.9. The Labute approximate surface area is 189 Å². The Hall–Kier alpha value is -3.33. The van der Waals surface area contributed by atoms with E-state index >= 15 is 0 Å². The number of carbonyl (C=O) groups is 2. The van der Waals surface area contributed by atoms with Crippen LogP contribution in [-0.4, -0.2) is 24.5 Å². The lowest BCUT2D eigenvalue weighted by Crippen LogP contribution is -2.51. The van der Waals surface area contributed by atoms with Crippen molar-refractivity contribution in [3.63, 3.8) is 0 Å². The van der Waals surface area contributed by atoms with Crippen molar-refractivity contribution < 1.29 is 14.3 Å². The highest BCUT2D eigenvalue weighted by molar-refractivity contribution is 5.96. The molecule has 0 aromatic heterocycles. The van der Waals surface area contributed by atoms with Gasteiger partial charge in [0.2, 0.25) is 5.91 Å². The molecule has 1 aliphatic carbocycles. The summed E-state index contributed by atoms with van der Waals surface area (Å²) in [6, 6.07) is 13.4. The number of esters is 1. The summed E-state index contributed by atoms with van der Waals surface area (Å²) in [4.78, 5) is 27.1. The third-order valence-corrected chi connectivity index (χ3v) is 6.61. The van der Waals surface area contributed by atoms with E-state index < -0.39 is 0 Å². The van der Waals surface area contributed by atoms with Gasteiger partial charge in [-0.15, -0.1) is 0 Å². The van der Waals surface area contributed by atoms with E-state index in [4.69, 9.17) is 4.74 Å². The van der Waals surface area contributed by atoms with Crippen molar-refractivity contribution in [3.8, 4) is 6.07 Å². The molecule has 1 amide bonds. The van der Waals surface area contributed by atoms with Crippen LogP contribution in [0.1, 0.15) is 66.7 Å². The van der Waals surface area contributed by atoms with E-state index in [1.165, 1.54) is 0 Å². The van der Waals surface area contributed by atoms with Gasteiger partial charge in [-0.25, -0.2) is 4.79 Å². The maximum Gasteiger partial charge on any atom is 0.338 e. The van der Waals surface area contributed by atoms with Gasteiger partial charge in [-0.2, -0.15) is 5.26 Å². The average molecular weight is 432 g/mol. The third kappa shape index (κ3) is 3.95. The predicted molar refractivity (Wildman–Crippen MR) is 123 cm³/mol. The summed E-state index contributed by atoms with van der Waals surface area (Å²) >= 11 is 0. The minimum Gasteiger partial charge on any atom is -0.462 e.